The molecular weight excluding hydrogens is 382 g/mol. The Morgan fingerprint density at radius 3 is 2.50 bits per heavy atom. The second-order valence-corrected chi connectivity index (χ2v) is 7.69. The highest BCUT2D eigenvalue weighted by atomic mass is 79.9. The quantitative estimate of drug-likeness (QED) is 0.756. The smallest absolute Gasteiger partial charge is 0.147 e. The standard InChI is InChI=1S/C16H21Br2NO/c1-2-20-16-13(17)6-11(7-14(16)18)9-19-15-8-10-3-4-12(15)5-10/h6-7,10,12,15,19H,2-5,8-9H2,1H3. The number of halogens is 2. The van der Waals surface area contributed by atoms with Crippen molar-refractivity contribution < 1.29 is 4.74 Å². The first-order valence-corrected chi connectivity index (χ1v) is 9.10. The second-order valence-electron chi connectivity index (χ2n) is 5.98. The van der Waals surface area contributed by atoms with Crippen molar-refractivity contribution in [2.75, 3.05) is 6.61 Å². The molecule has 2 aliphatic carbocycles. The van der Waals surface area contributed by atoms with Crippen LogP contribution in [0.4, 0.5) is 0 Å². The molecule has 2 bridgehead atoms. The fraction of sp³-hybridized carbons (Fsp3) is 0.625. The van der Waals surface area contributed by atoms with E-state index in [0.717, 1.165) is 39.1 Å². The Kier molecular flexibility index (Phi) is 4.73. The lowest BCUT2D eigenvalue weighted by Gasteiger charge is -2.23. The first kappa shape index (κ1) is 14.9. The van der Waals surface area contributed by atoms with Crippen molar-refractivity contribution in [1.82, 2.24) is 5.32 Å². The van der Waals surface area contributed by atoms with Crippen LogP contribution in [0.15, 0.2) is 21.1 Å². The summed E-state index contributed by atoms with van der Waals surface area (Å²) in [6, 6.07) is 5.06. The van der Waals surface area contributed by atoms with Gasteiger partial charge in [0.25, 0.3) is 0 Å². The van der Waals surface area contributed by atoms with Crippen molar-refractivity contribution in [3.63, 3.8) is 0 Å². The van der Waals surface area contributed by atoms with Crippen LogP contribution in [-0.2, 0) is 6.54 Å². The molecule has 2 fully saturated rings. The number of benzene rings is 1. The van der Waals surface area contributed by atoms with Crippen LogP contribution < -0.4 is 10.1 Å². The van der Waals surface area contributed by atoms with Gasteiger partial charge >= 0.3 is 0 Å². The highest BCUT2D eigenvalue weighted by Gasteiger charge is 2.38. The summed E-state index contributed by atoms with van der Waals surface area (Å²) in [6.45, 7) is 3.63. The topological polar surface area (TPSA) is 21.3 Å². The zero-order valence-corrected chi connectivity index (χ0v) is 15.0. The van der Waals surface area contributed by atoms with Crippen LogP contribution in [0.1, 0.15) is 38.2 Å². The van der Waals surface area contributed by atoms with E-state index in [0.29, 0.717) is 6.61 Å². The average Bonchev–Trinajstić information content (AvgIpc) is 3.03. The lowest BCUT2D eigenvalue weighted by molar-refractivity contribution is 0.335. The van der Waals surface area contributed by atoms with E-state index in [9.17, 15) is 0 Å². The zero-order valence-electron chi connectivity index (χ0n) is 11.8. The molecule has 4 heteroatoms. The van der Waals surface area contributed by atoms with Crippen LogP contribution >= 0.6 is 31.9 Å². The Morgan fingerprint density at radius 1 is 1.20 bits per heavy atom. The molecule has 2 nitrogen and oxygen atoms in total. The Morgan fingerprint density at radius 2 is 1.95 bits per heavy atom. The monoisotopic (exact) mass is 401 g/mol. The van der Waals surface area contributed by atoms with Gasteiger partial charge in [0.2, 0.25) is 0 Å². The molecule has 3 rings (SSSR count). The van der Waals surface area contributed by atoms with Crippen LogP contribution in [0.25, 0.3) is 0 Å². The molecule has 1 aromatic carbocycles. The maximum absolute atomic E-state index is 5.63. The second kappa shape index (κ2) is 6.37. The summed E-state index contributed by atoms with van der Waals surface area (Å²) in [6.07, 6.45) is 5.72. The van der Waals surface area contributed by atoms with E-state index in [-0.39, 0.29) is 0 Å². The highest BCUT2D eigenvalue weighted by molar-refractivity contribution is 9.11. The van der Waals surface area contributed by atoms with Crippen molar-refractivity contribution in [3.8, 4) is 5.75 Å². The molecule has 2 saturated carbocycles. The Bertz CT molecular complexity index is 468. The van der Waals surface area contributed by atoms with Crippen molar-refractivity contribution in [2.45, 2.75) is 45.2 Å². The molecule has 1 N–H and O–H groups in total. The largest absolute Gasteiger partial charge is 0.492 e. The first-order valence-electron chi connectivity index (χ1n) is 7.51. The van der Waals surface area contributed by atoms with Crippen molar-refractivity contribution in [2.24, 2.45) is 11.8 Å². The Hall–Kier alpha value is -0.0600. The van der Waals surface area contributed by atoms with Crippen LogP contribution in [-0.4, -0.2) is 12.6 Å². The molecule has 0 amide bonds. The van der Waals surface area contributed by atoms with Crippen LogP contribution in [0.5, 0.6) is 5.75 Å². The third kappa shape index (κ3) is 3.07. The molecule has 1 aromatic rings. The molecule has 0 aliphatic heterocycles. The molecule has 110 valence electrons. The molecular formula is C16H21Br2NO. The summed E-state index contributed by atoms with van der Waals surface area (Å²) in [4.78, 5) is 0. The number of hydrogen-bond acceptors (Lipinski definition) is 2. The fourth-order valence-corrected chi connectivity index (χ4v) is 5.25. The van der Waals surface area contributed by atoms with Crippen LogP contribution in [0.3, 0.4) is 0 Å². The molecule has 0 saturated heterocycles. The van der Waals surface area contributed by atoms with Gasteiger partial charge in [-0.1, -0.05) is 6.42 Å². The van der Waals surface area contributed by atoms with Gasteiger partial charge in [0.05, 0.1) is 15.6 Å². The maximum atomic E-state index is 5.63. The van der Waals surface area contributed by atoms with E-state index < -0.39 is 0 Å². The minimum absolute atomic E-state index is 0.680. The highest BCUT2D eigenvalue weighted by Crippen LogP contribution is 2.44. The predicted octanol–water partition coefficient (Wildman–Crippen LogP) is 4.89. The molecule has 0 aromatic heterocycles. The van der Waals surface area contributed by atoms with Gasteiger partial charge in [-0.3, -0.25) is 0 Å². The van der Waals surface area contributed by atoms with Crippen molar-refractivity contribution >= 4 is 31.9 Å². The van der Waals surface area contributed by atoms with Crippen molar-refractivity contribution in [1.29, 1.82) is 0 Å². The third-order valence-corrected chi connectivity index (χ3v) is 5.83. The average molecular weight is 403 g/mol. The van der Waals surface area contributed by atoms with E-state index >= 15 is 0 Å². The molecule has 2 aliphatic rings. The van der Waals surface area contributed by atoms with E-state index in [2.05, 4.69) is 49.3 Å². The number of hydrogen-bond donors (Lipinski definition) is 1. The normalized spacial score (nSPS) is 28.1. The van der Waals surface area contributed by atoms with Gasteiger partial charge < -0.3 is 10.1 Å². The van der Waals surface area contributed by atoms with Crippen LogP contribution in [0.2, 0.25) is 0 Å². The molecule has 3 unspecified atom stereocenters. The molecule has 3 atom stereocenters. The summed E-state index contributed by atoms with van der Waals surface area (Å²) in [7, 11) is 0. The van der Waals surface area contributed by atoms with Gasteiger partial charge in [-0.2, -0.15) is 0 Å². The molecule has 0 spiro atoms. The number of rotatable bonds is 5. The lowest BCUT2D eigenvalue weighted by Crippen LogP contribution is -2.33. The van der Waals surface area contributed by atoms with E-state index in [1.54, 1.807) is 0 Å². The van der Waals surface area contributed by atoms with E-state index in [4.69, 9.17) is 4.74 Å². The molecule has 0 radical (unpaired) electrons. The van der Waals surface area contributed by atoms with Gasteiger partial charge in [0.1, 0.15) is 5.75 Å². The van der Waals surface area contributed by atoms with Crippen molar-refractivity contribution in [3.05, 3.63) is 26.6 Å². The number of ether oxygens (including phenoxy) is 1. The summed E-state index contributed by atoms with van der Waals surface area (Å²) in [5.74, 6) is 2.82. The number of fused-ring (bicyclic) bond motifs is 2. The minimum Gasteiger partial charge on any atom is -0.492 e. The third-order valence-electron chi connectivity index (χ3n) is 4.65. The van der Waals surface area contributed by atoms with Gasteiger partial charge in [-0.05, 0) is 87.6 Å². The summed E-state index contributed by atoms with van der Waals surface area (Å²) < 4.78 is 7.68. The predicted molar refractivity (Wildman–Crippen MR) is 89.1 cm³/mol. The van der Waals surface area contributed by atoms with E-state index in [1.165, 1.54) is 31.2 Å². The summed E-state index contributed by atoms with van der Waals surface area (Å²) in [5.41, 5.74) is 1.30. The fourth-order valence-electron chi connectivity index (χ4n) is 3.74. The zero-order chi connectivity index (χ0) is 14.1. The summed E-state index contributed by atoms with van der Waals surface area (Å²) in [5, 5.41) is 3.75. The minimum atomic E-state index is 0.680. The molecule has 20 heavy (non-hydrogen) atoms. The van der Waals surface area contributed by atoms with Gasteiger partial charge in [-0.15, -0.1) is 0 Å². The van der Waals surface area contributed by atoms with Crippen LogP contribution in [0, 0.1) is 11.8 Å². The summed E-state index contributed by atoms with van der Waals surface area (Å²) >= 11 is 7.20. The first-order chi connectivity index (χ1) is 9.67. The Labute approximate surface area is 137 Å². The number of nitrogens with one attached hydrogen (secondary N) is 1. The van der Waals surface area contributed by atoms with E-state index in [1.807, 2.05) is 6.92 Å². The van der Waals surface area contributed by atoms with Gasteiger partial charge in [0.15, 0.2) is 0 Å². The SMILES string of the molecule is CCOc1c(Br)cc(CNC2CC3CCC2C3)cc1Br. The molecule has 0 heterocycles. The van der Waals surface area contributed by atoms with Gasteiger partial charge in [0, 0.05) is 12.6 Å². The maximum Gasteiger partial charge on any atom is 0.147 e. The Balaban J connectivity index is 1.63. The lowest BCUT2D eigenvalue weighted by atomic mass is 9.95. The van der Waals surface area contributed by atoms with Gasteiger partial charge in [-0.25, -0.2) is 0 Å².